The van der Waals surface area contributed by atoms with Gasteiger partial charge in [-0.05, 0) is 42.5 Å². The molecule has 27 heavy (non-hydrogen) atoms. The summed E-state index contributed by atoms with van der Waals surface area (Å²) in [6.07, 6.45) is 0. The molecule has 0 saturated carbocycles. The van der Waals surface area contributed by atoms with Gasteiger partial charge in [-0.25, -0.2) is 17.5 Å². The molecule has 0 unspecified atom stereocenters. The highest BCUT2D eigenvalue weighted by Crippen LogP contribution is 2.23. The molecule has 9 heteroatoms. The van der Waals surface area contributed by atoms with Crippen LogP contribution in [0.3, 0.4) is 0 Å². The Morgan fingerprint density at radius 1 is 1.04 bits per heavy atom. The molecule has 0 aliphatic carbocycles. The summed E-state index contributed by atoms with van der Waals surface area (Å²) in [5, 5.41) is 0.105. The van der Waals surface area contributed by atoms with Gasteiger partial charge in [-0.15, -0.1) is 0 Å². The lowest BCUT2D eigenvalue weighted by molar-refractivity contribution is 0.0450. The number of halogens is 1. The second kappa shape index (κ2) is 9.07. The smallest absolute Gasteiger partial charge is 0.339 e. The third-order valence-electron chi connectivity index (χ3n) is 3.58. The van der Waals surface area contributed by atoms with Crippen LogP contribution in [-0.4, -0.2) is 53.1 Å². The standard InChI is InChI=1S/C18H20ClNO6S/c1-20(2)27(22,23)15-8-9-17(19)16(12-15)18(21)26-11-10-25-14-6-4-13(24-3)5-7-14/h4-9,12H,10-11H2,1-3H3. The van der Waals surface area contributed by atoms with Crippen molar-refractivity contribution in [1.82, 2.24) is 4.31 Å². The molecule has 0 N–H and O–H groups in total. The number of carbonyl (C=O) groups excluding carboxylic acids is 1. The van der Waals surface area contributed by atoms with E-state index in [1.165, 1.54) is 32.3 Å². The first-order valence-corrected chi connectivity index (χ1v) is 9.73. The van der Waals surface area contributed by atoms with Crippen LogP contribution < -0.4 is 9.47 Å². The summed E-state index contributed by atoms with van der Waals surface area (Å²) >= 11 is 6.01. The van der Waals surface area contributed by atoms with Gasteiger partial charge in [0.05, 0.1) is 22.6 Å². The molecular formula is C18H20ClNO6S. The zero-order valence-corrected chi connectivity index (χ0v) is 16.7. The van der Waals surface area contributed by atoms with Crippen molar-refractivity contribution in [2.45, 2.75) is 4.90 Å². The average molecular weight is 414 g/mol. The molecule has 0 amide bonds. The summed E-state index contributed by atoms with van der Waals surface area (Å²) in [7, 11) is 0.686. The number of esters is 1. The quantitative estimate of drug-likeness (QED) is 0.489. The van der Waals surface area contributed by atoms with Crippen molar-refractivity contribution in [2.75, 3.05) is 34.4 Å². The minimum atomic E-state index is -3.68. The molecule has 0 fully saturated rings. The first-order valence-electron chi connectivity index (χ1n) is 7.91. The van der Waals surface area contributed by atoms with Crippen LogP contribution >= 0.6 is 11.6 Å². The second-order valence-corrected chi connectivity index (χ2v) is 8.15. The van der Waals surface area contributed by atoms with Crippen LogP contribution in [-0.2, 0) is 14.8 Å². The first kappa shape index (κ1) is 21.0. The molecule has 0 radical (unpaired) electrons. The van der Waals surface area contributed by atoms with Gasteiger partial charge in [0.25, 0.3) is 0 Å². The minimum absolute atomic E-state index is 0.0220. The molecule has 0 spiro atoms. The van der Waals surface area contributed by atoms with Gasteiger partial charge < -0.3 is 14.2 Å². The third kappa shape index (κ3) is 5.35. The van der Waals surface area contributed by atoms with Gasteiger partial charge in [0, 0.05) is 14.1 Å². The molecule has 0 atom stereocenters. The molecule has 2 rings (SSSR count). The lowest BCUT2D eigenvalue weighted by atomic mass is 10.2. The van der Waals surface area contributed by atoms with Crippen LogP contribution in [0.5, 0.6) is 11.5 Å². The number of ether oxygens (including phenoxy) is 3. The minimum Gasteiger partial charge on any atom is -0.497 e. The van der Waals surface area contributed by atoms with E-state index in [9.17, 15) is 13.2 Å². The number of nitrogens with zero attached hydrogens (tertiary/aromatic N) is 1. The van der Waals surface area contributed by atoms with E-state index in [1.54, 1.807) is 31.4 Å². The van der Waals surface area contributed by atoms with Gasteiger partial charge in [0.15, 0.2) is 0 Å². The number of rotatable bonds is 8. The molecule has 0 heterocycles. The van der Waals surface area contributed by atoms with Crippen molar-refractivity contribution in [3.63, 3.8) is 0 Å². The molecule has 2 aromatic rings. The van der Waals surface area contributed by atoms with E-state index in [4.69, 9.17) is 25.8 Å². The summed E-state index contributed by atoms with van der Waals surface area (Å²) in [6, 6.07) is 10.8. The van der Waals surface area contributed by atoms with Crippen LogP contribution in [0.2, 0.25) is 5.02 Å². The van der Waals surface area contributed by atoms with Crippen LogP contribution in [0.4, 0.5) is 0 Å². The predicted molar refractivity (Wildman–Crippen MR) is 101 cm³/mol. The van der Waals surface area contributed by atoms with Gasteiger partial charge in [-0.2, -0.15) is 0 Å². The fourth-order valence-corrected chi connectivity index (χ4v) is 3.20. The number of methoxy groups -OCH3 is 1. The fourth-order valence-electron chi connectivity index (χ4n) is 2.08. The molecule has 0 aliphatic heterocycles. The first-order chi connectivity index (χ1) is 12.8. The van der Waals surface area contributed by atoms with Crippen molar-refractivity contribution >= 4 is 27.6 Å². The Balaban J connectivity index is 1.97. The molecule has 7 nitrogen and oxygen atoms in total. The molecule has 0 bridgehead atoms. The Bertz CT molecular complexity index is 897. The molecule has 0 aromatic heterocycles. The van der Waals surface area contributed by atoms with E-state index in [2.05, 4.69) is 0 Å². The topological polar surface area (TPSA) is 82.1 Å². The SMILES string of the molecule is COc1ccc(OCCOC(=O)c2cc(S(=O)(=O)N(C)C)ccc2Cl)cc1. The van der Waals surface area contributed by atoms with Crippen LogP contribution in [0, 0.1) is 0 Å². The van der Waals surface area contributed by atoms with Crippen LogP contribution in [0.25, 0.3) is 0 Å². The van der Waals surface area contributed by atoms with Gasteiger partial charge in [0.1, 0.15) is 24.7 Å². The summed E-state index contributed by atoms with van der Waals surface area (Å²) in [6.45, 7) is 0.108. The zero-order chi connectivity index (χ0) is 20.0. The number of carbonyl (C=O) groups is 1. The van der Waals surface area contributed by atoms with E-state index in [1.807, 2.05) is 0 Å². The largest absolute Gasteiger partial charge is 0.497 e. The summed E-state index contributed by atoms with van der Waals surface area (Å²) in [5.41, 5.74) is -0.0240. The predicted octanol–water partition coefficient (Wildman–Crippen LogP) is 2.83. The van der Waals surface area contributed by atoms with Crippen molar-refractivity contribution in [1.29, 1.82) is 0 Å². The Morgan fingerprint density at radius 2 is 1.67 bits per heavy atom. The van der Waals surface area contributed by atoms with Crippen molar-refractivity contribution in [3.8, 4) is 11.5 Å². The Kier molecular flexibility index (Phi) is 7.06. The Morgan fingerprint density at radius 3 is 2.26 bits per heavy atom. The maximum absolute atomic E-state index is 12.2. The average Bonchev–Trinajstić information content (AvgIpc) is 2.65. The highest BCUT2D eigenvalue weighted by atomic mass is 35.5. The number of hydrogen-bond donors (Lipinski definition) is 0. The Hall–Kier alpha value is -2.29. The molecule has 146 valence electrons. The zero-order valence-electron chi connectivity index (χ0n) is 15.1. The Labute approximate surface area is 163 Å². The lowest BCUT2D eigenvalue weighted by Gasteiger charge is -2.13. The van der Waals surface area contributed by atoms with Crippen LogP contribution in [0.15, 0.2) is 47.4 Å². The molecular weight excluding hydrogens is 394 g/mol. The van der Waals surface area contributed by atoms with E-state index in [0.29, 0.717) is 11.5 Å². The number of hydrogen-bond acceptors (Lipinski definition) is 6. The highest BCUT2D eigenvalue weighted by molar-refractivity contribution is 7.89. The van der Waals surface area contributed by atoms with E-state index in [0.717, 1.165) is 4.31 Å². The van der Waals surface area contributed by atoms with E-state index >= 15 is 0 Å². The molecule has 0 aliphatic rings. The van der Waals surface area contributed by atoms with Gasteiger partial charge in [-0.1, -0.05) is 11.6 Å². The third-order valence-corrected chi connectivity index (χ3v) is 5.72. The maximum atomic E-state index is 12.2. The number of sulfonamides is 1. The van der Waals surface area contributed by atoms with Crippen molar-refractivity contribution in [2.24, 2.45) is 0 Å². The molecule has 2 aromatic carbocycles. The maximum Gasteiger partial charge on any atom is 0.339 e. The van der Waals surface area contributed by atoms with Crippen molar-refractivity contribution < 1.29 is 27.4 Å². The highest BCUT2D eigenvalue weighted by Gasteiger charge is 2.21. The van der Waals surface area contributed by atoms with Gasteiger partial charge >= 0.3 is 5.97 Å². The normalized spacial score (nSPS) is 11.3. The van der Waals surface area contributed by atoms with Crippen molar-refractivity contribution in [3.05, 3.63) is 53.1 Å². The fraction of sp³-hybridized carbons (Fsp3) is 0.278. The van der Waals surface area contributed by atoms with Gasteiger partial charge in [-0.3, -0.25) is 0 Å². The summed E-state index contributed by atoms with van der Waals surface area (Å²) < 4.78 is 41.1. The van der Waals surface area contributed by atoms with Gasteiger partial charge in [0.2, 0.25) is 10.0 Å². The van der Waals surface area contributed by atoms with E-state index < -0.39 is 16.0 Å². The van der Waals surface area contributed by atoms with E-state index in [-0.39, 0.29) is 28.7 Å². The monoisotopic (exact) mass is 413 g/mol. The van der Waals surface area contributed by atoms with Crippen LogP contribution in [0.1, 0.15) is 10.4 Å². The lowest BCUT2D eigenvalue weighted by Crippen LogP contribution is -2.22. The summed E-state index contributed by atoms with van der Waals surface area (Å²) in [5.74, 6) is 0.578. The number of benzene rings is 2. The molecule has 0 saturated heterocycles. The second-order valence-electron chi connectivity index (χ2n) is 5.59. The summed E-state index contributed by atoms with van der Waals surface area (Å²) in [4.78, 5) is 12.2.